The summed E-state index contributed by atoms with van der Waals surface area (Å²) in [7, 11) is 0. The predicted octanol–water partition coefficient (Wildman–Crippen LogP) is 12.7. The molecule has 4 heterocycles. The molecular formula is C45H26N4S2. The van der Waals surface area contributed by atoms with Crippen molar-refractivity contribution in [3.63, 3.8) is 0 Å². The molecule has 6 heteroatoms. The van der Waals surface area contributed by atoms with Crippen LogP contribution in [-0.2, 0) is 0 Å². The number of hydrogen-bond acceptors (Lipinski definition) is 5. The molecule has 0 atom stereocenters. The molecule has 0 aliphatic rings. The number of benzene rings is 7. The minimum atomic E-state index is 0.666. The van der Waals surface area contributed by atoms with E-state index in [0.717, 1.165) is 16.7 Å². The average Bonchev–Trinajstić information content (AvgIpc) is 3.88. The zero-order valence-corrected chi connectivity index (χ0v) is 28.7. The van der Waals surface area contributed by atoms with Gasteiger partial charge in [0.2, 0.25) is 0 Å². The molecule has 0 saturated heterocycles. The Labute approximate surface area is 300 Å². The monoisotopic (exact) mass is 686 g/mol. The van der Waals surface area contributed by atoms with Crippen molar-refractivity contribution in [3.05, 3.63) is 158 Å². The minimum Gasteiger partial charge on any atom is -0.308 e. The normalized spacial score (nSPS) is 11.9. The summed E-state index contributed by atoms with van der Waals surface area (Å²) >= 11 is 3.72. The van der Waals surface area contributed by atoms with Crippen molar-refractivity contribution in [2.24, 2.45) is 0 Å². The second-order valence-electron chi connectivity index (χ2n) is 12.8. The highest BCUT2D eigenvalue weighted by Gasteiger charge is 2.21. The van der Waals surface area contributed by atoms with Crippen LogP contribution in [0.5, 0.6) is 0 Å². The Hall–Kier alpha value is -6.21. The minimum absolute atomic E-state index is 0.666. The quantitative estimate of drug-likeness (QED) is 0.185. The van der Waals surface area contributed by atoms with E-state index in [1.807, 2.05) is 59.1 Å². The van der Waals surface area contributed by atoms with Crippen molar-refractivity contribution in [2.45, 2.75) is 0 Å². The SMILES string of the molecule is c1ccc(-c2nc(-c3ccccc3)nc(-c3cccc4sc5ccc6c7cccc(-n8c9ccccc9c9ccccc98)c7sc6c5c34)n2)cc1. The van der Waals surface area contributed by atoms with Gasteiger partial charge in [-0.1, -0.05) is 127 Å². The molecule has 4 nitrogen and oxygen atoms in total. The van der Waals surface area contributed by atoms with Crippen molar-refractivity contribution in [2.75, 3.05) is 0 Å². The number of fused-ring (bicyclic) bond motifs is 10. The topological polar surface area (TPSA) is 43.6 Å². The molecule has 0 N–H and O–H groups in total. The van der Waals surface area contributed by atoms with Gasteiger partial charge in [0.25, 0.3) is 0 Å². The number of thiophene rings is 2. The summed E-state index contributed by atoms with van der Waals surface area (Å²) in [5.41, 5.74) is 6.58. The molecular weight excluding hydrogens is 661 g/mol. The molecule has 0 aliphatic heterocycles. The number of nitrogens with zero attached hydrogens (tertiary/aromatic N) is 4. The van der Waals surface area contributed by atoms with Crippen LogP contribution in [0.1, 0.15) is 0 Å². The van der Waals surface area contributed by atoms with E-state index >= 15 is 0 Å². The van der Waals surface area contributed by atoms with E-state index in [9.17, 15) is 0 Å². The maximum absolute atomic E-state index is 5.15. The van der Waals surface area contributed by atoms with Gasteiger partial charge in [0.05, 0.1) is 21.4 Å². The van der Waals surface area contributed by atoms with Crippen molar-refractivity contribution in [3.8, 4) is 39.9 Å². The average molecular weight is 687 g/mol. The fourth-order valence-electron chi connectivity index (χ4n) is 7.62. The maximum Gasteiger partial charge on any atom is 0.164 e. The van der Waals surface area contributed by atoms with Crippen LogP contribution in [0.4, 0.5) is 0 Å². The van der Waals surface area contributed by atoms with Gasteiger partial charge in [-0.3, -0.25) is 0 Å². The van der Waals surface area contributed by atoms with Gasteiger partial charge in [-0.2, -0.15) is 0 Å². The van der Waals surface area contributed by atoms with Crippen LogP contribution >= 0.6 is 22.7 Å². The van der Waals surface area contributed by atoms with Crippen LogP contribution in [0.25, 0.3) is 102 Å². The molecule has 0 unspecified atom stereocenters. The highest BCUT2D eigenvalue weighted by molar-refractivity contribution is 7.30. The van der Waals surface area contributed by atoms with E-state index in [-0.39, 0.29) is 0 Å². The zero-order chi connectivity index (χ0) is 33.5. The Morgan fingerprint density at radius 1 is 0.373 bits per heavy atom. The van der Waals surface area contributed by atoms with Crippen molar-refractivity contribution in [1.29, 1.82) is 0 Å². The summed E-state index contributed by atoms with van der Waals surface area (Å²) in [5, 5.41) is 7.53. The van der Waals surface area contributed by atoms with Crippen LogP contribution in [-0.4, -0.2) is 19.5 Å². The van der Waals surface area contributed by atoms with E-state index in [1.165, 1.54) is 67.8 Å². The molecule has 0 bridgehead atoms. The van der Waals surface area contributed by atoms with Crippen LogP contribution < -0.4 is 0 Å². The van der Waals surface area contributed by atoms with Gasteiger partial charge in [0.15, 0.2) is 17.5 Å². The molecule has 51 heavy (non-hydrogen) atoms. The number of aromatic nitrogens is 4. The van der Waals surface area contributed by atoms with Gasteiger partial charge in [-0.15, -0.1) is 22.7 Å². The third kappa shape index (κ3) is 4.34. The lowest BCUT2D eigenvalue weighted by Crippen LogP contribution is -2.00. The van der Waals surface area contributed by atoms with Crippen LogP contribution in [0.3, 0.4) is 0 Å². The van der Waals surface area contributed by atoms with Gasteiger partial charge >= 0.3 is 0 Å². The summed E-state index contributed by atoms with van der Waals surface area (Å²) in [6.07, 6.45) is 0. The first kappa shape index (κ1) is 28.6. The van der Waals surface area contributed by atoms with Gasteiger partial charge in [-0.05, 0) is 30.3 Å². The van der Waals surface area contributed by atoms with Crippen molar-refractivity contribution >= 4 is 84.8 Å². The molecule has 7 aromatic carbocycles. The summed E-state index contributed by atoms with van der Waals surface area (Å²) in [6, 6.07) is 55.7. The van der Waals surface area contributed by atoms with Crippen LogP contribution in [0, 0.1) is 0 Å². The second kappa shape index (κ2) is 11.2. The third-order valence-electron chi connectivity index (χ3n) is 9.87. The zero-order valence-electron chi connectivity index (χ0n) is 27.1. The first-order valence-electron chi connectivity index (χ1n) is 17.0. The Kier molecular flexibility index (Phi) is 6.26. The van der Waals surface area contributed by atoms with Crippen molar-refractivity contribution in [1.82, 2.24) is 19.5 Å². The lowest BCUT2D eigenvalue weighted by Gasteiger charge is -2.09. The van der Waals surface area contributed by atoms with Gasteiger partial charge in [0, 0.05) is 63.1 Å². The molecule has 0 spiro atoms. The standard InChI is InChI=1S/C45H26N4S2/c1-3-13-27(14-4-1)43-46-44(28-15-5-2-6-16-28)48-45(47-43)33-20-12-24-37-39(33)40-38(50-37)26-25-32-31-19-11-23-36(41(31)51-42(32)40)49-34-21-9-7-17-29(34)30-18-8-10-22-35(30)49/h1-26H. The summed E-state index contributed by atoms with van der Waals surface area (Å²) in [6.45, 7) is 0. The fourth-order valence-corrected chi connectivity index (χ4v) is 10.2. The highest BCUT2D eigenvalue weighted by atomic mass is 32.1. The van der Waals surface area contributed by atoms with Crippen LogP contribution in [0.2, 0.25) is 0 Å². The molecule has 0 fully saturated rings. The molecule has 0 saturated carbocycles. The molecule has 4 aromatic heterocycles. The Balaban J connectivity index is 1.21. The smallest absolute Gasteiger partial charge is 0.164 e. The van der Waals surface area contributed by atoms with Gasteiger partial charge in [-0.25, -0.2) is 15.0 Å². The maximum atomic E-state index is 5.15. The largest absolute Gasteiger partial charge is 0.308 e. The van der Waals surface area contributed by atoms with E-state index in [0.29, 0.717) is 17.5 Å². The number of rotatable bonds is 4. The highest BCUT2D eigenvalue weighted by Crippen LogP contribution is 2.48. The molecule has 238 valence electrons. The molecule has 11 aromatic rings. The van der Waals surface area contributed by atoms with E-state index in [2.05, 4.69) is 126 Å². The predicted molar refractivity (Wildman–Crippen MR) is 216 cm³/mol. The van der Waals surface area contributed by atoms with Gasteiger partial charge in [0.1, 0.15) is 0 Å². The lowest BCUT2D eigenvalue weighted by molar-refractivity contribution is 1.08. The molecule has 0 amide bonds. The molecule has 0 aliphatic carbocycles. The molecule has 11 rings (SSSR count). The lowest BCUT2D eigenvalue weighted by atomic mass is 10.0. The van der Waals surface area contributed by atoms with E-state index in [1.54, 1.807) is 0 Å². The van der Waals surface area contributed by atoms with E-state index in [4.69, 9.17) is 15.0 Å². The van der Waals surface area contributed by atoms with E-state index < -0.39 is 0 Å². The first-order valence-corrected chi connectivity index (χ1v) is 18.6. The summed E-state index contributed by atoms with van der Waals surface area (Å²) in [4.78, 5) is 15.3. The number of para-hydroxylation sites is 2. The summed E-state index contributed by atoms with van der Waals surface area (Å²) < 4.78 is 7.49. The fraction of sp³-hybridized carbons (Fsp3) is 0. The Morgan fingerprint density at radius 3 is 1.61 bits per heavy atom. The molecule has 0 radical (unpaired) electrons. The second-order valence-corrected chi connectivity index (χ2v) is 14.9. The van der Waals surface area contributed by atoms with Crippen molar-refractivity contribution < 1.29 is 0 Å². The Morgan fingerprint density at radius 2 is 0.922 bits per heavy atom. The first-order chi connectivity index (χ1) is 25.3. The summed E-state index contributed by atoms with van der Waals surface area (Å²) in [5.74, 6) is 2.01. The van der Waals surface area contributed by atoms with Crippen LogP contribution in [0.15, 0.2) is 158 Å². The Bertz CT molecular complexity index is 3030. The third-order valence-corrected chi connectivity index (χ3v) is 12.2. The number of hydrogen-bond donors (Lipinski definition) is 0. The van der Waals surface area contributed by atoms with Gasteiger partial charge < -0.3 is 4.57 Å².